The number of carbonyl (C=O) groups is 1. The van der Waals surface area contributed by atoms with Crippen LogP contribution in [0.5, 0.6) is 5.75 Å². The van der Waals surface area contributed by atoms with Crippen LogP contribution in [0, 0.1) is 5.82 Å². The Balaban J connectivity index is 1.48. The lowest BCUT2D eigenvalue weighted by Crippen LogP contribution is -2.50. The molecule has 2 heterocycles. The van der Waals surface area contributed by atoms with E-state index in [2.05, 4.69) is 22.9 Å². The Morgan fingerprint density at radius 1 is 1.20 bits per heavy atom. The summed E-state index contributed by atoms with van der Waals surface area (Å²) in [5.41, 5.74) is 1.17. The summed E-state index contributed by atoms with van der Waals surface area (Å²) in [4.78, 5) is 20.5. The zero-order valence-corrected chi connectivity index (χ0v) is 14.3. The molecule has 0 radical (unpaired) electrons. The van der Waals surface area contributed by atoms with Crippen molar-refractivity contribution in [2.45, 2.75) is 13.0 Å². The second-order valence-electron chi connectivity index (χ2n) is 6.10. The molecule has 0 saturated carbocycles. The monoisotopic (exact) mass is 343 g/mol. The normalized spacial score (nSPS) is 16.5. The average molecular weight is 343 g/mol. The van der Waals surface area contributed by atoms with Crippen LogP contribution in [0.15, 0.2) is 48.8 Å². The largest absolute Gasteiger partial charge is 0.481 e. The first-order valence-corrected chi connectivity index (χ1v) is 8.44. The van der Waals surface area contributed by atoms with E-state index in [1.54, 1.807) is 23.2 Å². The van der Waals surface area contributed by atoms with Gasteiger partial charge < -0.3 is 9.64 Å². The number of halogens is 1. The van der Waals surface area contributed by atoms with Crippen LogP contribution in [0.25, 0.3) is 0 Å². The van der Waals surface area contributed by atoms with Gasteiger partial charge in [0.15, 0.2) is 18.2 Å². The summed E-state index contributed by atoms with van der Waals surface area (Å²) in [6, 6.07) is 10.4. The highest BCUT2D eigenvalue weighted by Crippen LogP contribution is 2.21. The van der Waals surface area contributed by atoms with Gasteiger partial charge in [-0.05, 0) is 30.7 Å². The van der Waals surface area contributed by atoms with E-state index in [-0.39, 0.29) is 24.3 Å². The molecule has 0 bridgehead atoms. The first kappa shape index (κ1) is 17.4. The summed E-state index contributed by atoms with van der Waals surface area (Å²) in [6.45, 7) is 4.88. The van der Waals surface area contributed by atoms with Crippen LogP contribution in [0.4, 0.5) is 4.39 Å². The van der Waals surface area contributed by atoms with Crippen molar-refractivity contribution < 1.29 is 13.9 Å². The Morgan fingerprint density at radius 2 is 1.96 bits per heavy atom. The Labute approximate surface area is 147 Å². The molecular weight excluding hydrogens is 321 g/mol. The van der Waals surface area contributed by atoms with Crippen molar-refractivity contribution in [1.82, 2.24) is 14.8 Å². The molecular formula is C19H22FN3O2. The van der Waals surface area contributed by atoms with Crippen LogP contribution >= 0.6 is 0 Å². The van der Waals surface area contributed by atoms with Crippen LogP contribution in [0.1, 0.15) is 18.5 Å². The van der Waals surface area contributed by atoms with Crippen LogP contribution in [-0.4, -0.2) is 53.5 Å². The third kappa shape index (κ3) is 4.33. The Morgan fingerprint density at radius 3 is 2.64 bits per heavy atom. The highest BCUT2D eigenvalue weighted by Gasteiger charge is 2.25. The number of nitrogens with zero attached hydrogens (tertiary/aromatic N) is 3. The van der Waals surface area contributed by atoms with E-state index in [0.29, 0.717) is 13.1 Å². The van der Waals surface area contributed by atoms with E-state index in [0.717, 1.165) is 13.1 Å². The third-order valence-corrected chi connectivity index (χ3v) is 4.57. The Bertz CT molecular complexity index is 703. The van der Waals surface area contributed by atoms with Crippen molar-refractivity contribution >= 4 is 5.91 Å². The predicted octanol–water partition coefficient (Wildman–Crippen LogP) is 2.50. The second kappa shape index (κ2) is 8.07. The van der Waals surface area contributed by atoms with Gasteiger partial charge in [0, 0.05) is 44.6 Å². The molecule has 6 heteroatoms. The summed E-state index contributed by atoms with van der Waals surface area (Å²) >= 11 is 0. The molecule has 25 heavy (non-hydrogen) atoms. The van der Waals surface area contributed by atoms with E-state index >= 15 is 0 Å². The number of carbonyl (C=O) groups excluding carboxylic acids is 1. The molecule has 0 unspecified atom stereocenters. The highest BCUT2D eigenvalue weighted by atomic mass is 19.1. The lowest BCUT2D eigenvalue weighted by Gasteiger charge is -2.38. The standard InChI is InChI=1S/C19H22FN3O2/c1-15(16-5-4-8-21-13-16)22-9-11-23(12-10-22)19(24)14-25-18-7-3-2-6-17(18)20/h2-8,13,15H,9-12,14H2,1H3/t15-/m1/s1. The van der Waals surface area contributed by atoms with Gasteiger partial charge in [-0.3, -0.25) is 14.7 Å². The fraction of sp³-hybridized carbons (Fsp3) is 0.368. The fourth-order valence-corrected chi connectivity index (χ4v) is 2.99. The first-order chi connectivity index (χ1) is 12.1. The van der Waals surface area contributed by atoms with Crippen LogP contribution in [-0.2, 0) is 4.79 Å². The molecule has 0 N–H and O–H groups in total. The quantitative estimate of drug-likeness (QED) is 0.837. The van der Waals surface area contributed by atoms with Gasteiger partial charge in [-0.1, -0.05) is 18.2 Å². The van der Waals surface area contributed by atoms with E-state index in [9.17, 15) is 9.18 Å². The zero-order chi connectivity index (χ0) is 17.6. The van der Waals surface area contributed by atoms with Crippen LogP contribution in [0.3, 0.4) is 0 Å². The van der Waals surface area contributed by atoms with Crippen molar-refractivity contribution in [2.75, 3.05) is 32.8 Å². The molecule has 1 saturated heterocycles. The number of ether oxygens (including phenoxy) is 1. The molecule has 2 aromatic rings. The highest BCUT2D eigenvalue weighted by molar-refractivity contribution is 5.77. The zero-order valence-electron chi connectivity index (χ0n) is 14.3. The lowest BCUT2D eigenvalue weighted by molar-refractivity contribution is -0.135. The molecule has 1 aliphatic heterocycles. The van der Waals surface area contributed by atoms with Crippen LogP contribution in [0.2, 0.25) is 0 Å². The van der Waals surface area contributed by atoms with Crippen molar-refractivity contribution in [2.24, 2.45) is 0 Å². The minimum atomic E-state index is -0.453. The topological polar surface area (TPSA) is 45.7 Å². The van der Waals surface area contributed by atoms with Crippen molar-refractivity contribution in [3.8, 4) is 5.75 Å². The number of benzene rings is 1. The van der Waals surface area contributed by atoms with E-state index in [1.807, 2.05) is 12.3 Å². The van der Waals surface area contributed by atoms with Crippen LogP contribution < -0.4 is 4.74 Å². The van der Waals surface area contributed by atoms with Gasteiger partial charge in [0.2, 0.25) is 0 Å². The molecule has 1 amide bonds. The smallest absolute Gasteiger partial charge is 0.260 e. The number of rotatable bonds is 5. The van der Waals surface area contributed by atoms with Gasteiger partial charge in [-0.2, -0.15) is 0 Å². The number of amides is 1. The summed E-state index contributed by atoms with van der Waals surface area (Å²) < 4.78 is 18.8. The minimum Gasteiger partial charge on any atom is -0.481 e. The number of piperazine rings is 1. The van der Waals surface area contributed by atoms with E-state index < -0.39 is 5.82 Å². The summed E-state index contributed by atoms with van der Waals surface area (Å²) in [5, 5.41) is 0. The molecule has 1 aliphatic rings. The molecule has 0 aliphatic carbocycles. The molecule has 1 aromatic carbocycles. The SMILES string of the molecule is C[C@H](c1cccnc1)N1CCN(C(=O)COc2ccccc2F)CC1. The number of hydrogen-bond acceptors (Lipinski definition) is 4. The molecule has 132 valence electrons. The maximum Gasteiger partial charge on any atom is 0.260 e. The fourth-order valence-electron chi connectivity index (χ4n) is 2.99. The van der Waals surface area contributed by atoms with Gasteiger partial charge in [0.25, 0.3) is 5.91 Å². The molecule has 1 aromatic heterocycles. The van der Waals surface area contributed by atoms with Gasteiger partial charge in [0.1, 0.15) is 0 Å². The van der Waals surface area contributed by atoms with Gasteiger partial charge >= 0.3 is 0 Å². The summed E-state index contributed by atoms with van der Waals surface area (Å²) in [6.07, 6.45) is 3.65. The predicted molar refractivity (Wildman–Crippen MR) is 92.7 cm³/mol. The van der Waals surface area contributed by atoms with E-state index in [4.69, 9.17) is 4.74 Å². The Hall–Kier alpha value is -2.47. The maximum atomic E-state index is 13.5. The van der Waals surface area contributed by atoms with Gasteiger partial charge in [-0.15, -0.1) is 0 Å². The summed E-state index contributed by atoms with van der Waals surface area (Å²) in [7, 11) is 0. The maximum absolute atomic E-state index is 13.5. The minimum absolute atomic E-state index is 0.111. The molecule has 3 rings (SSSR count). The second-order valence-corrected chi connectivity index (χ2v) is 6.10. The van der Waals surface area contributed by atoms with Crippen molar-refractivity contribution in [3.05, 3.63) is 60.2 Å². The van der Waals surface area contributed by atoms with Crippen molar-refractivity contribution in [3.63, 3.8) is 0 Å². The Kier molecular flexibility index (Phi) is 5.60. The summed E-state index contributed by atoms with van der Waals surface area (Å²) in [5.74, 6) is -0.456. The van der Waals surface area contributed by atoms with E-state index in [1.165, 1.54) is 17.7 Å². The van der Waals surface area contributed by atoms with Gasteiger partial charge in [-0.25, -0.2) is 4.39 Å². The molecule has 5 nitrogen and oxygen atoms in total. The first-order valence-electron chi connectivity index (χ1n) is 8.44. The lowest BCUT2D eigenvalue weighted by atomic mass is 10.1. The van der Waals surface area contributed by atoms with Gasteiger partial charge in [0.05, 0.1) is 0 Å². The molecule has 1 atom stereocenters. The number of aromatic nitrogens is 1. The third-order valence-electron chi connectivity index (χ3n) is 4.57. The average Bonchev–Trinajstić information content (AvgIpc) is 2.67. The molecule has 1 fully saturated rings. The number of hydrogen-bond donors (Lipinski definition) is 0. The molecule has 0 spiro atoms. The van der Waals surface area contributed by atoms with Crippen molar-refractivity contribution in [1.29, 1.82) is 0 Å². The number of pyridine rings is 1. The number of para-hydroxylation sites is 1.